The van der Waals surface area contributed by atoms with Crippen LogP contribution in [0.4, 0.5) is 26.3 Å². The number of carbonyl (C=O) groups is 1. The SMILES string of the molecule is O=C(O)Cc1nc(F)cc(C(F)(F)F)c1C(F)F. The quantitative estimate of drug-likeness (QED) is 0.680. The largest absolute Gasteiger partial charge is 0.481 e. The molecule has 1 aromatic rings. The van der Waals surface area contributed by atoms with E-state index in [1.807, 2.05) is 0 Å². The summed E-state index contributed by atoms with van der Waals surface area (Å²) in [5.41, 5.74) is -4.66. The number of halogens is 6. The second kappa shape index (κ2) is 4.83. The fourth-order valence-electron chi connectivity index (χ4n) is 1.33. The van der Waals surface area contributed by atoms with Crippen LogP contribution in [0.15, 0.2) is 6.07 Å². The van der Waals surface area contributed by atoms with Gasteiger partial charge in [0.05, 0.1) is 23.2 Å². The number of pyridine rings is 1. The number of nitrogens with zero attached hydrogens (tertiary/aromatic N) is 1. The lowest BCUT2D eigenvalue weighted by atomic mass is 10.0. The Balaban J connectivity index is 3.51. The first kappa shape index (κ1) is 14.3. The molecule has 0 radical (unpaired) electrons. The Bertz CT molecular complexity index is 471. The molecule has 1 heterocycles. The number of aromatic nitrogens is 1. The Labute approximate surface area is 96.1 Å². The molecule has 0 fully saturated rings. The maximum Gasteiger partial charge on any atom is 0.417 e. The number of alkyl halides is 5. The fourth-order valence-corrected chi connectivity index (χ4v) is 1.33. The summed E-state index contributed by atoms with van der Waals surface area (Å²) in [6.45, 7) is 0. The Morgan fingerprint density at radius 2 is 1.94 bits per heavy atom. The molecule has 1 rings (SSSR count). The minimum Gasteiger partial charge on any atom is -0.481 e. The number of hydrogen-bond donors (Lipinski definition) is 1. The molecular formula is C9H5F6NO2. The Morgan fingerprint density at radius 1 is 1.39 bits per heavy atom. The zero-order valence-electron chi connectivity index (χ0n) is 8.43. The maximum atomic E-state index is 12.8. The molecule has 1 N–H and O–H groups in total. The molecule has 18 heavy (non-hydrogen) atoms. The van der Waals surface area contributed by atoms with E-state index >= 15 is 0 Å². The molecule has 0 aliphatic heterocycles. The molecule has 0 atom stereocenters. The second-order valence-corrected chi connectivity index (χ2v) is 3.22. The van der Waals surface area contributed by atoms with Crippen LogP contribution in [0.25, 0.3) is 0 Å². The summed E-state index contributed by atoms with van der Waals surface area (Å²) >= 11 is 0. The highest BCUT2D eigenvalue weighted by Gasteiger charge is 2.38. The van der Waals surface area contributed by atoms with E-state index in [9.17, 15) is 31.1 Å². The van der Waals surface area contributed by atoms with Crippen LogP contribution >= 0.6 is 0 Å². The van der Waals surface area contributed by atoms with E-state index in [0.29, 0.717) is 0 Å². The highest BCUT2D eigenvalue weighted by atomic mass is 19.4. The summed E-state index contributed by atoms with van der Waals surface area (Å²) in [7, 11) is 0. The first-order chi connectivity index (χ1) is 8.12. The minimum absolute atomic E-state index is 0.188. The number of carboxylic acid groups (broad SMARTS) is 1. The van der Waals surface area contributed by atoms with Gasteiger partial charge in [-0.3, -0.25) is 4.79 Å². The van der Waals surface area contributed by atoms with Gasteiger partial charge in [-0.05, 0) is 0 Å². The number of rotatable bonds is 3. The molecule has 3 nitrogen and oxygen atoms in total. The summed E-state index contributed by atoms with van der Waals surface area (Å²) in [4.78, 5) is 13.1. The number of hydrogen-bond acceptors (Lipinski definition) is 2. The normalized spacial score (nSPS) is 11.9. The monoisotopic (exact) mass is 273 g/mol. The van der Waals surface area contributed by atoms with Gasteiger partial charge < -0.3 is 5.11 Å². The van der Waals surface area contributed by atoms with Crippen LogP contribution in [0.2, 0.25) is 0 Å². The molecule has 0 aromatic carbocycles. The smallest absolute Gasteiger partial charge is 0.417 e. The molecule has 9 heteroatoms. The third-order valence-electron chi connectivity index (χ3n) is 1.95. The van der Waals surface area contributed by atoms with E-state index in [4.69, 9.17) is 5.11 Å². The first-order valence-corrected chi connectivity index (χ1v) is 4.39. The van der Waals surface area contributed by atoms with Gasteiger partial charge in [-0.25, -0.2) is 13.8 Å². The molecule has 100 valence electrons. The van der Waals surface area contributed by atoms with Crippen molar-refractivity contribution < 1.29 is 36.2 Å². The minimum atomic E-state index is -5.22. The van der Waals surface area contributed by atoms with Crippen molar-refractivity contribution in [3.05, 3.63) is 28.8 Å². The van der Waals surface area contributed by atoms with Crippen LogP contribution in [0.5, 0.6) is 0 Å². The zero-order chi connectivity index (χ0) is 14.1. The van der Waals surface area contributed by atoms with E-state index in [0.717, 1.165) is 0 Å². The van der Waals surface area contributed by atoms with Crippen LogP contribution < -0.4 is 0 Å². The van der Waals surface area contributed by atoms with E-state index in [2.05, 4.69) is 4.98 Å². The second-order valence-electron chi connectivity index (χ2n) is 3.22. The molecule has 0 aliphatic carbocycles. The highest BCUT2D eigenvalue weighted by Crippen LogP contribution is 2.38. The molecule has 0 bridgehead atoms. The van der Waals surface area contributed by atoms with Crippen LogP contribution in [0.1, 0.15) is 23.2 Å². The van der Waals surface area contributed by atoms with Crippen LogP contribution in [0, 0.1) is 5.95 Å². The average Bonchev–Trinajstić information content (AvgIpc) is 2.13. The molecule has 0 saturated heterocycles. The van der Waals surface area contributed by atoms with Crippen molar-refractivity contribution in [2.75, 3.05) is 0 Å². The number of aliphatic carboxylic acids is 1. The predicted octanol–water partition coefficient (Wildman–Crippen LogP) is 2.80. The van der Waals surface area contributed by atoms with E-state index in [1.54, 1.807) is 0 Å². The van der Waals surface area contributed by atoms with Crippen molar-refractivity contribution >= 4 is 5.97 Å². The predicted molar refractivity (Wildman–Crippen MR) is 45.5 cm³/mol. The van der Waals surface area contributed by atoms with Gasteiger partial charge in [0.1, 0.15) is 0 Å². The highest BCUT2D eigenvalue weighted by molar-refractivity contribution is 5.70. The first-order valence-electron chi connectivity index (χ1n) is 4.39. The van der Waals surface area contributed by atoms with E-state index in [-0.39, 0.29) is 6.07 Å². The van der Waals surface area contributed by atoms with Crippen molar-refractivity contribution in [1.82, 2.24) is 4.98 Å². The zero-order valence-corrected chi connectivity index (χ0v) is 8.43. The summed E-state index contributed by atoms with van der Waals surface area (Å²) in [6.07, 6.45) is -10.0. The summed E-state index contributed by atoms with van der Waals surface area (Å²) in [5.74, 6) is -3.36. The molecule has 0 amide bonds. The standard InChI is InChI=1S/C9H5F6NO2/c10-5-1-3(9(13,14)15)7(8(11)12)4(16-5)2-6(17)18/h1,8H,2H2,(H,17,18). The van der Waals surface area contributed by atoms with Gasteiger partial charge >= 0.3 is 12.1 Å². The molecule has 0 saturated carbocycles. The number of carboxylic acids is 1. The summed E-state index contributed by atoms with van der Waals surface area (Å²) in [5, 5.41) is 8.37. The average molecular weight is 273 g/mol. The lowest BCUT2D eigenvalue weighted by Crippen LogP contribution is -2.16. The van der Waals surface area contributed by atoms with Crippen LogP contribution in [-0.4, -0.2) is 16.1 Å². The van der Waals surface area contributed by atoms with Gasteiger partial charge in [0.15, 0.2) is 0 Å². The van der Waals surface area contributed by atoms with Gasteiger partial charge in [-0.15, -0.1) is 0 Å². The third-order valence-corrected chi connectivity index (χ3v) is 1.95. The fraction of sp³-hybridized carbons (Fsp3) is 0.333. The van der Waals surface area contributed by atoms with E-state index in [1.165, 1.54) is 0 Å². The lowest BCUT2D eigenvalue weighted by molar-refractivity contribution is -0.140. The lowest BCUT2D eigenvalue weighted by Gasteiger charge is -2.15. The van der Waals surface area contributed by atoms with Crippen molar-refractivity contribution in [3.8, 4) is 0 Å². The molecular weight excluding hydrogens is 268 g/mol. The summed E-state index contributed by atoms with van der Waals surface area (Å²) in [6, 6.07) is -0.188. The van der Waals surface area contributed by atoms with Gasteiger partial charge in [0.25, 0.3) is 6.43 Å². The maximum absolute atomic E-state index is 12.8. The topological polar surface area (TPSA) is 50.2 Å². The molecule has 0 unspecified atom stereocenters. The van der Waals surface area contributed by atoms with E-state index < -0.39 is 47.8 Å². The Morgan fingerprint density at radius 3 is 2.33 bits per heavy atom. The van der Waals surface area contributed by atoms with Crippen LogP contribution in [0.3, 0.4) is 0 Å². The van der Waals surface area contributed by atoms with Gasteiger partial charge in [-0.1, -0.05) is 0 Å². The Hall–Kier alpha value is -1.80. The molecule has 0 aliphatic rings. The summed E-state index contributed by atoms with van der Waals surface area (Å²) < 4.78 is 75.2. The third kappa shape index (κ3) is 3.11. The van der Waals surface area contributed by atoms with Crippen LogP contribution in [-0.2, 0) is 17.4 Å². The van der Waals surface area contributed by atoms with Crippen molar-refractivity contribution in [1.29, 1.82) is 0 Å². The van der Waals surface area contributed by atoms with Crippen molar-refractivity contribution in [2.45, 2.75) is 19.0 Å². The Kier molecular flexibility index (Phi) is 3.82. The van der Waals surface area contributed by atoms with Crippen molar-refractivity contribution in [3.63, 3.8) is 0 Å². The van der Waals surface area contributed by atoms with Gasteiger partial charge in [0, 0.05) is 6.07 Å². The van der Waals surface area contributed by atoms with Gasteiger partial charge in [-0.2, -0.15) is 17.6 Å². The van der Waals surface area contributed by atoms with Crippen molar-refractivity contribution in [2.24, 2.45) is 0 Å². The molecule has 1 aromatic heterocycles. The molecule has 0 spiro atoms. The van der Waals surface area contributed by atoms with Gasteiger partial charge in [0.2, 0.25) is 5.95 Å².